The maximum absolute atomic E-state index is 13.6. The van der Waals surface area contributed by atoms with Crippen molar-refractivity contribution in [2.24, 2.45) is 0 Å². The predicted molar refractivity (Wildman–Crippen MR) is 65.0 cm³/mol. The standard InChI is InChI=1S/C14H11FN2O/c1-9(18)12-4-5-17-8-13(12)10-2-3-11(7-16)14(15)6-10/h2-6,8-9,18H,1H3/t9-/m1/s1. The second kappa shape index (κ2) is 4.94. The lowest BCUT2D eigenvalue weighted by Crippen LogP contribution is -1.96. The summed E-state index contributed by atoms with van der Waals surface area (Å²) in [6.07, 6.45) is 2.48. The Hall–Kier alpha value is -2.25. The van der Waals surface area contributed by atoms with Gasteiger partial charge >= 0.3 is 0 Å². The topological polar surface area (TPSA) is 56.9 Å². The number of nitriles is 1. The summed E-state index contributed by atoms with van der Waals surface area (Å²) < 4.78 is 13.6. The quantitative estimate of drug-likeness (QED) is 0.880. The minimum absolute atomic E-state index is 0.00115. The van der Waals surface area contributed by atoms with Crippen molar-refractivity contribution in [2.75, 3.05) is 0 Å². The molecule has 0 amide bonds. The van der Waals surface area contributed by atoms with Gasteiger partial charge in [-0.3, -0.25) is 4.98 Å². The molecule has 0 aliphatic carbocycles. The number of hydrogen-bond acceptors (Lipinski definition) is 3. The smallest absolute Gasteiger partial charge is 0.141 e. The molecule has 0 radical (unpaired) electrons. The van der Waals surface area contributed by atoms with Crippen molar-refractivity contribution in [3.05, 3.63) is 53.6 Å². The molecule has 0 bridgehead atoms. The lowest BCUT2D eigenvalue weighted by molar-refractivity contribution is 0.200. The van der Waals surface area contributed by atoms with Gasteiger partial charge < -0.3 is 5.11 Å². The molecule has 0 spiro atoms. The van der Waals surface area contributed by atoms with Crippen LogP contribution < -0.4 is 0 Å². The third kappa shape index (κ3) is 2.22. The molecule has 1 aromatic carbocycles. The van der Waals surface area contributed by atoms with Gasteiger partial charge in [0, 0.05) is 18.0 Å². The molecule has 1 heterocycles. The van der Waals surface area contributed by atoms with Crippen molar-refractivity contribution in [3.8, 4) is 17.2 Å². The van der Waals surface area contributed by atoms with Crippen LogP contribution in [0.25, 0.3) is 11.1 Å². The average molecular weight is 242 g/mol. The molecule has 1 aromatic heterocycles. The van der Waals surface area contributed by atoms with Crippen molar-refractivity contribution in [3.63, 3.8) is 0 Å². The number of hydrogen-bond donors (Lipinski definition) is 1. The first-order chi connectivity index (χ1) is 8.63. The Kier molecular flexibility index (Phi) is 3.35. The summed E-state index contributed by atoms with van der Waals surface area (Å²) >= 11 is 0. The Bertz CT molecular complexity index is 617. The van der Waals surface area contributed by atoms with Gasteiger partial charge in [-0.05, 0) is 36.2 Å². The molecule has 18 heavy (non-hydrogen) atoms. The maximum Gasteiger partial charge on any atom is 0.141 e. The molecule has 1 N–H and O–H groups in total. The van der Waals surface area contributed by atoms with Crippen LogP contribution >= 0.6 is 0 Å². The summed E-state index contributed by atoms with van der Waals surface area (Å²) in [5.74, 6) is -0.574. The average Bonchev–Trinajstić information content (AvgIpc) is 2.38. The minimum Gasteiger partial charge on any atom is -0.389 e. The Morgan fingerprint density at radius 2 is 2.17 bits per heavy atom. The number of pyridine rings is 1. The molecule has 0 aliphatic rings. The Balaban J connectivity index is 2.56. The number of benzene rings is 1. The van der Waals surface area contributed by atoms with Crippen molar-refractivity contribution in [1.29, 1.82) is 5.26 Å². The molecule has 0 fully saturated rings. The lowest BCUT2D eigenvalue weighted by Gasteiger charge is -2.11. The summed E-state index contributed by atoms with van der Waals surface area (Å²) in [5, 5.41) is 18.3. The summed E-state index contributed by atoms with van der Waals surface area (Å²) in [5.41, 5.74) is 1.93. The second-order valence-corrected chi connectivity index (χ2v) is 3.95. The van der Waals surface area contributed by atoms with Crippen molar-refractivity contribution < 1.29 is 9.50 Å². The summed E-state index contributed by atoms with van der Waals surface area (Å²) in [7, 11) is 0. The third-order valence-electron chi connectivity index (χ3n) is 2.71. The number of nitrogens with zero attached hydrogens (tertiary/aromatic N) is 2. The van der Waals surface area contributed by atoms with Crippen LogP contribution in [0.5, 0.6) is 0 Å². The van der Waals surface area contributed by atoms with Gasteiger partial charge in [-0.15, -0.1) is 0 Å². The molecule has 1 atom stereocenters. The van der Waals surface area contributed by atoms with Crippen LogP contribution in [0, 0.1) is 17.1 Å². The van der Waals surface area contributed by atoms with Gasteiger partial charge in [0.25, 0.3) is 0 Å². The highest BCUT2D eigenvalue weighted by molar-refractivity contribution is 5.67. The monoisotopic (exact) mass is 242 g/mol. The first-order valence-electron chi connectivity index (χ1n) is 5.45. The zero-order chi connectivity index (χ0) is 13.1. The van der Waals surface area contributed by atoms with Crippen LogP contribution in [-0.2, 0) is 0 Å². The highest BCUT2D eigenvalue weighted by Crippen LogP contribution is 2.28. The number of aliphatic hydroxyl groups is 1. The number of halogens is 1. The van der Waals surface area contributed by atoms with Gasteiger partial charge in [0.15, 0.2) is 0 Å². The summed E-state index contributed by atoms with van der Waals surface area (Å²) in [6.45, 7) is 1.64. The molecule has 90 valence electrons. The van der Waals surface area contributed by atoms with E-state index in [1.807, 2.05) is 0 Å². The summed E-state index contributed by atoms with van der Waals surface area (Å²) in [6, 6.07) is 7.80. The normalized spacial score (nSPS) is 11.9. The van der Waals surface area contributed by atoms with Crippen LogP contribution in [0.4, 0.5) is 4.39 Å². The van der Waals surface area contributed by atoms with E-state index in [0.717, 1.165) is 0 Å². The molecular weight excluding hydrogens is 231 g/mol. The van der Waals surface area contributed by atoms with Gasteiger partial charge in [0.2, 0.25) is 0 Å². The van der Waals surface area contributed by atoms with Gasteiger partial charge in [-0.1, -0.05) is 6.07 Å². The van der Waals surface area contributed by atoms with Crippen LogP contribution in [0.2, 0.25) is 0 Å². The van der Waals surface area contributed by atoms with E-state index in [1.165, 1.54) is 12.1 Å². The van der Waals surface area contributed by atoms with Gasteiger partial charge in [0.05, 0.1) is 11.7 Å². The van der Waals surface area contributed by atoms with E-state index >= 15 is 0 Å². The molecular formula is C14H11FN2O. The first kappa shape index (κ1) is 12.2. The predicted octanol–water partition coefficient (Wildman–Crippen LogP) is 2.81. The fraction of sp³-hybridized carbons (Fsp3) is 0.143. The molecule has 2 rings (SSSR count). The van der Waals surface area contributed by atoms with E-state index in [4.69, 9.17) is 5.26 Å². The van der Waals surface area contributed by atoms with Crippen LogP contribution in [0.15, 0.2) is 36.7 Å². The van der Waals surface area contributed by atoms with E-state index in [2.05, 4.69) is 4.98 Å². The van der Waals surface area contributed by atoms with E-state index in [-0.39, 0.29) is 5.56 Å². The fourth-order valence-corrected chi connectivity index (χ4v) is 1.78. The van der Waals surface area contributed by atoms with Crippen LogP contribution in [0.3, 0.4) is 0 Å². The van der Waals surface area contributed by atoms with E-state index in [9.17, 15) is 9.50 Å². The summed E-state index contributed by atoms with van der Waals surface area (Å²) in [4.78, 5) is 3.98. The van der Waals surface area contributed by atoms with Crippen LogP contribution in [-0.4, -0.2) is 10.1 Å². The number of aromatic nitrogens is 1. The zero-order valence-electron chi connectivity index (χ0n) is 9.76. The molecule has 4 heteroatoms. The van der Waals surface area contributed by atoms with E-state index in [0.29, 0.717) is 16.7 Å². The minimum atomic E-state index is -0.665. The van der Waals surface area contributed by atoms with Gasteiger partial charge in [-0.2, -0.15) is 5.26 Å². The molecule has 0 saturated carbocycles. The fourth-order valence-electron chi connectivity index (χ4n) is 1.78. The Morgan fingerprint density at radius 3 is 2.78 bits per heavy atom. The number of rotatable bonds is 2. The first-order valence-corrected chi connectivity index (χ1v) is 5.45. The van der Waals surface area contributed by atoms with E-state index < -0.39 is 11.9 Å². The van der Waals surface area contributed by atoms with E-state index in [1.54, 1.807) is 37.5 Å². The number of aliphatic hydroxyl groups excluding tert-OH is 1. The lowest BCUT2D eigenvalue weighted by atomic mass is 9.98. The molecule has 3 nitrogen and oxygen atoms in total. The van der Waals surface area contributed by atoms with Gasteiger partial charge in [0.1, 0.15) is 11.9 Å². The zero-order valence-corrected chi connectivity index (χ0v) is 9.76. The highest BCUT2D eigenvalue weighted by atomic mass is 19.1. The molecule has 2 aromatic rings. The van der Waals surface area contributed by atoms with Crippen molar-refractivity contribution in [1.82, 2.24) is 4.98 Å². The third-order valence-corrected chi connectivity index (χ3v) is 2.71. The Morgan fingerprint density at radius 1 is 1.39 bits per heavy atom. The highest BCUT2D eigenvalue weighted by Gasteiger charge is 2.11. The molecule has 0 unspecified atom stereocenters. The molecule has 0 saturated heterocycles. The van der Waals surface area contributed by atoms with Gasteiger partial charge in [-0.25, -0.2) is 4.39 Å². The van der Waals surface area contributed by atoms with Crippen LogP contribution in [0.1, 0.15) is 24.2 Å². The van der Waals surface area contributed by atoms with Crippen molar-refractivity contribution in [2.45, 2.75) is 13.0 Å². The SMILES string of the molecule is C[C@@H](O)c1ccncc1-c1ccc(C#N)c(F)c1. The molecule has 0 aliphatic heterocycles. The second-order valence-electron chi connectivity index (χ2n) is 3.95. The maximum atomic E-state index is 13.6. The van der Waals surface area contributed by atoms with Crippen molar-refractivity contribution >= 4 is 0 Å². The Labute approximate surface area is 104 Å². The largest absolute Gasteiger partial charge is 0.389 e.